The Bertz CT molecular complexity index is 4080. The lowest BCUT2D eigenvalue weighted by Gasteiger charge is -2.30. The summed E-state index contributed by atoms with van der Waals surface area (Å²) in [6.45, 7) is 1.23. The maximum Gasteiger partial charge on any atom is 0.329 e. The standard InChI is InChI=1S/C72H99N17O25/c1-5-6-7-8-9-10-11-22-53(93)80-44(25-38-31-76-42-20-15-13-17-39(38)42)65(106)82-45(27-52(75)92)66(107)84-47(30-59(101)102)67(108)88-61-37(4)114-72(113)49(26-51(91)40-18-12-14-19-41(40)74)86-70(111)60(35(2)24-57(97)98)87-68(109)50(34-90)81-55(95)33-89-56(96)28-48(71(89)112)85-62(103)36(3)78-64(105)46(29-58(99)100)83-63(104)43(21-16-23-73)79-54(94)32-77-69(61)110/h12-15,17-20,31,35-37,43-50,60-61,76,90H,5-11,16,21-30,32-34,73-74H2,1-4H3,(H2,75,92)(H,77,110)(H,78,105)(H,79,94)(H,80,93)(H,81,95)(H,82,106)(H,83,104)(H,84,107)(H,85,103)(H,86,111)(H,87,109)(H,88,108)(H,97,98)(H,99,100)(H,101,102). The maximum atomic E-state index is 14.8. The number of carbonyl (C=O) groups excluding carboxylic acids is 17. The number of ether oxygens (including phenoxy) is 1. The molecule has 2 bridgehead atoms. The second-order valence-electron chi connectivity index (χ2n) is 27.5. The minimum atomic E-state index is -2.44. The number of H-pyrrole nitrogens is 1. The van der Waals surface area contributed by atoms with Gasteiger partial charge in [0.15, 0.2) is 5.78 Å². The van der Waals surface area contributed by atoms with Gasteiger partial charge in [-0.1, -0.05) is 82.7 Å². The Kier molecular flexibility index (Phi) is 36.5. The molecule has 0 aliphatic carbocycles. The number of hydrogen-bond donors (Lipinski definition) is 20. The number of primary amides is 1. The van der Waals surface area contributed by atoms with E-state index in [9.17, 15) is 116 Å². The van der Waals surface area contributed by atoms with Gasteiger partial charge in [-0.3, -0.25) is 96.0 Å². The Balaban J connectivity index is 1.59. The number of cyclic esters (lactones) is 1. The zero-order valence-electron chi connectivity index (χ0n) is 63.1. The number of aromatic nitrogens is 1. The molecular formula is C72H99N17O25. The summed E-state index contributed by atoms with van der Waals surface area (Å²) in [6.07, 6.45) is -1.75. The minimum absolute atomic E-state index is 0.0141. The first kappa shape index (κ1) is 92.1. The van der Waals surface area contributed by atoms with E-state index in [2.05, 4.69) is 70.4 Å². The second kappa shape index (κ2) is 45.1. The van der Waals surface area contributed by atoms with Crippen LogP contribution >= 0.6 is 0 Å². The van der Waals surface area contributed by atoms with Crippen molar-refractivity contribution in [2.45, 2.75) is 209 Å². The number of aromatic amines is 1. The Labute approximate surface area is 651 Å². The summed E-state index contributed by atoms with van der Waals surface area (Å²) in [7, 11) is 0. The van der Waals surface area contributed by atoms with E-state index in [-0.39, 0.29) is 43.5 Å². The molecule has 3 heterocycles. The molecule has 13 unspecified atom stereocenters. The molecule has 622 valence electrons. The zero-order chi connectivity index (χ0) is 84.6. The SMILES string of the molecule is CCCCCCCCCC(=O)NC(Cc1c[nH]c2ccccc12)C(=O)NC(CC(N)=O)C(=O)NC(CC(=O)O)C(=O)NC1C(=O)NCC(=O)NC(CCCN)C(=O)NC(CC(=O)O)C(=O)NC(C)C(=O)NC2CC(=O)N(CC(=O)NC(CO)C(=O)NC(C(C)CC(=O)O)C(=O)NC(CC(=O)c3ccccc3N)C(=O)OC1C)C2=O. The summed E-state index contributed by atoms with van der Waals surface area (Å²) < 4.78 is 5.69. The molecule has 23 N–H and O–H groups in total. The predicted molar refractivity (Wildman–Crippen MR) is 396 cm³/mol. The van der Waals surface area contributed by atoms with E-state index in [0.717, 1.165) is 52.9 Å². The number of aliphatic hydroxyl groups excluding tert-OH is 1. The summed E-state index contributed by atoms with van der Waals surface area (Å²) in [5.74, 6) is -28.5. The third-order valence-electron chi connectivity index (χ3n) is 18.3. The van der Waals surface area contributed by atoms with Gasteiger partial charge >= 0.3 is 23.9 Å². The topological polar surface area (TPSA) is 673 Å². The highest BCUT2D eigenvalue weighted by atomic mass is 16.5. The lowest BCUT2D eigenvalue weighted by Crippen LogP contribution is -2.62. The number of Topliss-reactive ketones (excluding diaryl/α,β-unsaturated/α-hetero) is 1. The van der Waals surface area contributed by atoms with Crippen LogP contribution in [0.3, 0.4) is 0 Å². The van der Waals surface area contributed by atoms with E-state index < -0.39 is 255 Å². The van der Waals surface area contributed by atoms with Gasteiger partial charge in [0.2, 0.25) is 82.7 Å². The quantitative estimate of drug-likeness (QED) is 0.00889. The number of hydrogen-bond acceptors (Lipinski definition) is 24. The average molecular weight is 1600 g/mol. The van der Waals surface area contributed by atoms with Crippen molar-refractivity contribution in [2.75, 3.05) is 32.0 Å². The van der Waals surface area contributed by atoms with Gasteiger partial charge in [-0.05, 0) is 69.3 Å². The zero-order valence-corrected chi connectivity index (χ0v) is 63.1. The number of unbranched alkanes of at least 4 members (excludes halogenated alkanes) is 6. The summed E-state index contributed by atoms with van der Waals surface area (Å²) in [5.41, 5.74) is 18.1. The summed E-state index contributed by atoms with van der Waals surface area (Å²) in [5, 5.41) is 67.5. The largest absolute Gasteiger partial charge is 0.481 e. The number of nitrogens with one attached hydrogen (secondary N) is 13. The molecule has 5 rings (SSSR count). The number of carboxylic acids is 3. The van der Waals surface area contributed by atoms with Crippen LogP contribution < -0.4 is 81.0 Å². The Morgan fingerprint density at radius 2 is 1.22 bits per heavy atom. The summed E-state index contributed by atoms with van der Waals surface area (Å²) in [4.78, 5) is 278. The van der Waals surface area contributed by atoms with Crippen LogP contribution in [-0.4, -0.2) is 247 Å². The molecule has 42 nitrogen and oxygen atoms in total. The van der Waals surface area contributed by atoms with Crippen LogP contribution in [0.25, 0.3) is 10.9 Å². The molecule has 0 saturated carbocycles. The van der Waals surface area contributed by atoms with Crippen molar-refractivity contribution in [1.82, 2.24) is 73.7 Å². The van der Waals surface area contributed by atoms with Gasteiger partial charge in [0, 0.05) is 47.6 Å². The van der Waals surface area contributed by atoms with E-state index in [1.54, 1.807) is 30.5 Å². The van der Waals surface area contributed by atoms with Gasteiger partial charge in [-0.15, -0.1) is 0 Å². The van der Waals surface area contributed by atoms with Gasteiger partial charge in [0.25, 0.3) is 5.91 Å². The molecule has 0 spiro atoms. The fraction of sp³-hybridized carbons (Fsp3) is 0.528. The van der Waals surface area contributed by atoms with Crippen molar-refractivity contribution in [3.63, 3.8) is 0 Å². The number of para-hydroxylation sites is 2. The third kappa shape index (κ3) is 29.0. The van der Waals surface area contributed by atoms with Crippen molar-refractivity contribution >= 4 is 135 Å². The number of carboxylic acid groups (broad SMARTS) is 3. The molecule has 114 heavy (non-hydrogen) atoms. The first-order chi connectivity index (χ1) is 53.9. The molecule has 13 atom stereocenters. The number of carbonyl (C=O) groups is 20. The number of imide groups is 1. The molecule has 2 fully saturated rings. The molecule has 15 amide bonds. The van der Waals surface area contributed by atoms with Crippen LogP contribution in [0.15, 0.2) is 54.7 Å². The molecule has 3 aromatic rings. The van der Waals surface area contributed by atoms with Gasteiger partial charge in [-0.2, -0.15) is 0 Å². The minimum Gasteiger partial charge on any atom is -0.481 e. The number of fused-ring (bicyclic) bond motifs is 3. The van der Waals surface area contributed by atoms with E-state index in [0.29, 0.717) is 34.2 Å². The number of nitrogens with two attached hydrogens (primary N) is 3. The Morgan fingerprint density at radius 1 is 0.614 bits per heavy atom. The van der Waals surface area contributed by atoms with Gasteiger partial charge in [0.05, 0.1) is 45.3 Å². The van der Waals surface area contributed by atoms with Crippen molar-refractivity contribution < 1.29 is 121 Å². The van der Waals surface area contributed by atoms with Crippen LogP contribution in [0, 0.1) is 5.92 Å². The van der Waals surface area contributed by atoms with Crippen molar-refractivity contribution in [2.24, 2.45) is 17.4 Å². The number of aliphatic hydroxyl groups is 1. The molecule has 42 heteroatoms. The van der Waals surface area contributed by atoms with Gasteiger partial charge in [0.1, 0.15) is 79.1 Å². The normalized spacial score (nSPS) is 21.8. The highest BCUT2D eigenvalue weighted by Gasteiger charge is 2.44. The number of amides is 15. The number of anilines is 1. The molecule has 2 aliphatic heterocycles. The summed E-state index contributed by atoms with van der Waals surface area (Å²) >= 11 is 0. The van der Waals surface area contributed by atoms with Crippen LogP contribution in [0.1, 0.15) is 146 Å². The van der Waals surface area contributed by atoms with Crippen molar-refractivity contribution in [3.8, 4) is 0 Å². The lowest BCUT2D eigenvalue weighted by atomic mass is 9.96. The number of benzene rings is 2. The molecule has 2 aromatic carbocycles. The molecular weight excluding hydrogens is 1500 g/mol. The van der Waals surface area contributed by atoms with Gasteiger partial charge < -0.3 is 111 Å². The first-order valence-corrected chi connectivity index (χ1v) is 36.8. The van der Waals surface area contributed by atoms with Crippen LogP contribution in [0.2, 0.25) is 0 Å². The van der Waals surface area contributed by atoms with Crippen molar-refractivity contribution in [3.05, 3.63) is 65.9 Å². The molecule has 2 saturated heterocycles. The monoisotopic (exact) mass is 1600 g/mol. The third-order valence-corrected chi connectivity index (χ3v) is 18.3. The number of rotatable bonds is 33. The van der Waals surface area contributed by atoms with Gasteiger partial charge in [-0.25, -0.2) is 4.79 Å². The number of ketones is 1. The number of esters is 1. The molecule has 0 radical (unpaired) electrons. The second-order valence-corrected chi connectivity index (χ2v) is 27.5. The molecule has 1 aromatic heterocycles. The Hall–Kier alpha value is -12.5. The highest BCUT2D eigenvalue weighted by Crippen LogP contribution is 2.22. The van der Waals surface area contributed by atoms with Crippen LogP contribution in [-0.2, 0) is 102 Å². The Morgan fingerprint density at radius 3 is 1.86 bits per heavy atom. The van der Waals surface area contributed by atoms with E-state index in [4.69, 9.17) is 21.9 Å². The van der Waals surface area contributed by atoms with Crippen LogP contribution in [0.4, 0.5) is 5.69 Å². The van der Waals surface area contributed by atoms with E-state index in [1.165, 1.54) is 24.3 Å². The highest BCUT2D eigenvalue weighted by molar-refractivity contribution is 6.10. The van der Waals surface area contributed by atoms with Crippen molar-refractivity contribution in [1.29, 1.82) is 0 Å². The number of aliphatic carboxylic acids is 3. The lowest BCUT2D eigenvalue weighted by molar-refractivity contribution is -0.156. The number of nitrogen functional groups attached to an aromatic ring is 1. The number of nitrogens with zero attached hydrogens (tertiary/aromatic N) is 1. The fourth-order valence-corrected chi connectivity index (χ4v) is 12.2. The first-order valence-electron chi connectivity index (χ1n) is 36.8. The average Bonchev–Trinajstić information content (AvgIpc) is 1.73. The summed E-state index contributed by atoms with van der Waals surface area (Å²) in [6, 6.07) is -9.90. The van der Waals surface area contributed by atoms with E-state index >= 15 is 0 Å². The molecule has 2 aliphatic rings. The smallest absolute Gasteiger partial charge is 0.329 e. The predicted octanol–water partition coefficient (Wildman–Crippen LogP) is -5.45. The van der Waals surface area contributed by atoms with E-state index in [1.807, 2.05) is 5.32 Å². The maximum absolute atomic E-state index is 14.8. The fourth-order valence-electron chi connectivity index (χ4n) is 12.2. The van der Waals surface area contributed by atoms with Crippen LogP contribution in [0.5, 0.6) is 0 Å².